The van der Waals surface area contributed by atoms with Crippen LogP contribution >= 0.6 is 11.6 Å². The van der Waals surface area contributed by atoms with E-state index in [1.54, 1.807) is 0 Å². The Balaban J connectivity index is 1.93. The zero-order valence-corrected chi connectivity index (χ0v) is 14.8. The lowest BCUT2D eigenvalue weighted by molar-refractivity contribution is -0.139. The van der Waals surface area contributed by atoms with Crippen LogP contribution in [0.5, 0.6) is 0 Å². The normalized spacial score (nSPS) is 21.9. The summed E-state index contributed by atoms with van der Waals surface area (Å²) in [7, 11) is 0. The van der Waals surface area contributed by atoms with E-state index in [0.717, 1.165) is 16.7 Å². The van der Waals surface area contributed by atoms with Crippen LogP contribution in [0.25, 0.3) is 0 Å². The summed E-state index contributed by atoms with van der Waals surface area (Å²) < 4.78 is 0. The van der Waals surface area contributed by atoms with Crippen molar-refractivity contribution in [3.63, 3.8) is 0 Å². The molecule has 4 nitrogen and oxygen atoms in total. The number of hydrogen-bond acceptors (Lipinski definition) is 2. The molecule has 0 saturated carbocycles. The van der Waals surface area contributed by atoms with Crippen molar-refractivity contribution < 1.29 is 9.59 Å². The van der Waals surface area contributed by atoms with E-state index in [9.17, 15) is 9.59 Å². The Hall–Kier alpha value is -2.33. The maximum Gasteiger partial charge on any atom is 0.256 e. The summed E-state index contributed by atoms with van der Waals surface area (Å²) in [6, 6.07) is 15.2. The average molecular weight is 355 g/mol. The van der Waals surface area contributed by atoms with Gasteiger partial charge in [-0.25, -0.2) is 0 Å². The Labute approximate surface area is 152 Å². The monoisotopic (exact) mass is 354 g/mol. The molecule has 2 heterocycles. The van der Waals surface area contributed by atoms with E-state index in [4.69, 9.17) is 11.6 Å². The highest BCUT2D eigenvalue weighted by molar-refractivity contribution is 6.30. The van der Waals surface area contributed by atoms with Gasteiger partial charge in [0, 0.05) is 36.5 Å². The van der Waals surface area contributed by atoms with Gasteiger partial charge in [-0.05, 0) is 29.3 Å². The van der Waals surface area contributed by atoms with Crippen molar-refractivity contribution in [1.82, 2.24) is 9.80 Å². The van der Waals surface area contributed by atoms with E-state index >= 15 is 0 Å². The molecule has 0 N–H and O–H groups in total. The molecule has 1 saturated heterocycles. The van der Waals surface area contributed by atoms with Gasteiger partial charge in [-0.15, -0.1) is 0 Å². The van der Waals surface area contributed by atoms with Crippen molar-refractivity contribution >= 4 is 23.4 Å². The van der Waals surface area contributed by atoms with Gasteiger partial charge >= 0.3 is 0 Å². The SMILES string of the molecule is CCC(=O)N1CCN2C(=O)c3ccccc3CC12c1ccc(Cl)cc1. The summed E-state index contributed by atoms with van der Waals surface area (Å²) in [5.74, 6) is 0.0489. The van der Waals surface area contributed by atoms with E-state index in [1.807, 2.05) is 65.3 Å². The number of rotatable bonds is 2. The molecule has 2 aliphatic heterocycles. The fourth-order valence-electron chi connectivity index (χ4n) is 4.12. The van der Waals surface area contributed by atoms with E-state index in [-0.39, 0.29) is 11.8 Å². The minimum atomic E-state index is -0.761. The molecule has 0 aromatic heterocycles. The largest absolute Gasteiger partial charge is 0.313 e. The number of hydrogen-bond donors (Lipinski definition) is 0. The summed E-state index contributed by atoms with van der Waals surface area (Å²) in [6.45, 7) is 2.95. The van der Waals surface area contributed by atoms with Crippen LogP contribution in [0.15, 0.2) is 48.5 Å². The molecule has 128 valence electrons. The van der Waals surface area contributed by atoms with Crippen molar-refractivity contribution in [3.8, 4) is 0 Å². The molecule has 0 spiro atoms. The molecule has 1 atom stereocenters. The number of carbonyl (C=O) groups is 2. The third-order valence-corrected chi connectivity index (χ3v) is 5.53. The highest BCUT2D eigenvalue weighted by atomic mass is 35.5. The van der Waals surface area contributed by atoms with Crippen molar-refractivity contribution in [2.24, 2.45) is 0 Å². The Kier molecular flexibility index (Phi) is 3.80. The summed E-state index contributed by atoms with van der Waals surface area (Å²) in [5, 5.41) is 0.639. The Morgan fingerprint density at radius 3 is 2.56 bits per heavy atom. The molecule has 4 rings (SSSR count). The highest BCUT2D eigenvalue weighted by Gasteiger charge is 2.55. The second-order valence-corrected chi connectivity index (χ2v) is 6.95. The van der Waals surface area contributed by atoms with Crippen LogP contribution in [-0.2, 0) is 16.9 Å². The van der Waals surface area contributed by atoms with E-state index in [2.05, 4.69) is 0 Å². The molecule has 2 aromatic carbocycles. The zero-order valence-electron chi connectivity index (χ0n) is 14.0. The number of nitrogens with zero attached hydrogens (tertiary/aromatic N) is 2. The third kappa shape index (κ3) is 2.28. The average Bonchev–Trinajstić information content (AvgIpc) is 3.02. The summed E-state index contributed by atoms with van der Waals surface area (Å²) in [4.78, 5) is 29.6. The van der Waals surface area contributed by atoms with E-state index < -0.39 is 5.66 Å². The molecule has 2 aromatic rings. The Morgan fingerprint density at radius 1 is 1.12 bits per heavy atom. The first-order valence-electron chi connectivity index (χ1n) is 8.54. The maximum atomic E-state index is 13.2. The molecule has 0 bridgehead atoms. The van der Waals surface area contributed by atoms with Gasteiger partial charge in [0.2, 0.25) is 5.91 Å². The van der Waals surface area contributed by atoms with E-state index in [1.165, 1.54) is 0 Å². The first-order valence-corrected chi connectivity index (χ1v) is 8.92. The minimum Gasteiger partial charge on any atom is -0.313 e. The predicted molar refractivity (Wildman–Crippen MR) is 96.3 cm³/mol. The summed E-state index contributed by atoms with van der Waals surface area (Å²) >= 11 is 6.07. The summed E-state index contributed by atoms with van der Waals surface area (Å²) in [6.07, 6.45) is 1.02. The molecule has 1 unspecified atom stereocenters. The zero-order chi connectivity index (χ0) is 17.6. The van der Waals surface area contributed by atoms with Crippen molar-refractivity contribution in [1.29, 1.82) is 0 Å². The third-order valence-electron chi connectivity index (χ3n) is 5.28. The Morgan fingerprint density at radius 2 is 1.84 bits per heavy atom. The predicted octanol–water partition coefficient (Wildman–Crippen LogP) is 3.44. The smallest absolute Gasteiger partial charge is 0.256 e. The molecular formula is C20H19ClN2O2. The van der Waals surface area contributed by atoms with Gasteiger partial charge in [0.25, 0.3) is 5.91 Å². The topological polar surface area (TPSA) is 40.6 Å². The van der Waals surface area contributed by atoms with Crippen LogP contribution in [0.4, 0.5) is 0 Å². The lowest BCUT2D eigenvalue weighted by Gasteiger charge is -2.47. The van der Waals surface area contributed by atoms with Crippen LogP contribution in [0.1, 0.15) is 34.8 Å². The van der Waals surface area contributed by atoms with Crippen molar-refractivity contribution in [2.45, 2.75) is 25.4 Å². The van der Waals surface area contributed by atoms with Crippen LogP contribution in [0.3, 0.4) is 0 Å². The minimum absolute atomic E-state index is 0.0109. The second-order valence-electron chi connectivity index (χ2n) is 6.51. The van der Waals surface area contributed by atoms with Gasteiger partial charge in [-0.2, -0.15) is 0 Å². The number of fused-ring (bicyclic) bond motifs is 2. The van der Waals surface area contributed by atoms with Gasteiger partial charge < -0.3 is 9.80 Å². The molecule has 1 fully saturated rings. The standard InChI is InChI=1S/C20H19ClN2O2/c1-2-18(24)22-11-12-23-19(25)17-6-4-3-5-14(17)13-20(22,23)15-7-9-16(21)10-8-15/h3-10H,2,11-13H2,1H3. The van der Waals surface area contributed by atoms with Crippen molar-refractivity contribution in [2.75, 3.05) is 13.1 Å². The van der Waals surface area contributed by atoms with Crippen LogP contribution in [-0.4, -0.2) is 34.7 Å². The molecule has 0 radical (unpaired) electrons. The van der Waals surface area contributed by atoms with Gasteiger partial charge in [0.05, 0.1) is 0 Å². The van der Waals surface area contributed by atoms with Crippen molar-refractivity contribution in [3.05, 3.63) is 70.2 Å². The number of carbonyl (C=O) groups excluding carboxylic acids is 2. The first kappa shape index (κ1) is 16.2. The first-order chi connectivity index (χ1) is 12.1. The second kappa shape index (κ2) is 5.88. The van der Waals surface area contributed by atoms with Crippen LogP contribution in [0, 0.1) is 0 Å². The fraction of sp³-hybridized carbons (Fsp3) is 0.300. The quantitative estimate of drug-likeness (QED) is 0.828. The molecule has 5 heteroatoms. The van der Waals surface area contributed by atoms with Crippen LogP contribution < -0.4 is 0 Å². The van der Waals surface area contributed by atoms with Gasteiger partial charge in [-0.3, -0.25) is 9.59 Å². The van der Waals surface area contributed by atoms with Gasteiger partial charge in [0.15, 0.2) is 0 Å². The highest BCUT2D eigenvalue weighted by Crippen LogP contribution is 2.45. The molecule has 25 heavy (non-hydrogen) atoms. The number of benzene rings is 2. The lowest BCUT2D eigenvalue weighted by atomic mass is 9.83. The molecule has 2 aliphatic rings. The number of halogens is 1. The maximum absolute atomic E-state index is 13.2. The molecule has 0 aliphatic carbocycles. The lowest BCUT2D eigenvalue weighted by Crippen LogP contribution is -2.58. The molecule has 2 amide bonds. The van der Waals surface area contributed by atoms with Gasteiger partial charge in [0.1, 0.15) is 5.66 Å². The van der Waals surface area contributed by atoms with E-state index in [0.29, 0.717) is 31.0 Å². The summed E-state index contributed by atoms with van der Waals surface area (Å²) in [5.41, 5.74) is 1.88. The van der Waals surface area contributed by atoms with Gasteiger partial charge in [-0.1, -0.05) is 48.9 Å². The Bertz CT molecular complexity index is 849. The van der Waals surface area contributed by atoms with Crippen LogP contribution in [0.2, 0.25) is 5.02 Å². The fourth-order valence-corrected chi connectivity index (χ4v) is 4.25. The number of amides is 2. The molecular weight excluding hydrogens is 336 g/mol.